The van der Waals surface area contributed by atoms with E-state index in [-0.39, 0.29) is 17.3 Å². The van der Waals surface area contributed by atoms with Crippen molar-refractivity contribution in [2.45, 2.75) is 31.4 Å². The predicted molar refractivity (Wildman–Crippen MR) is 134 cm³/mol. The van der Waals surface area contributed by atoms with Gasteiger partial charge in [0.2, 0.25) is 0 Å². The quantitative estimate of drug-likeness (QED) is 0.532. The molecule has 0 fully saturated rings. The van der Waals surface area contributed by atoms with Crippen LogP contribution in [0.25, 0.3) is 0 Å². The number of nitrogens with zero attached hydrogens (tertiary/aromatic N) is 2. The molecule has 0 saturated carbocycles. The molecule has 8 heteroatoms. The van der Waals surface area contributed by atoms with E-state index in [9.17, 15) is 13.2 Å². The van der Waals surface area contributed by atoms with Crippen molar-refractivity contribution in [3.63, 3.8) is 0 Å². The zero-order valence-corrected chi connectivity index (χ0v) is 20.2. The minimum Gasteiger partial charge on any atom is -0.476 e. The Morgan fingerprint density at radius 2 is 1.62 bits per heavy atom. The molecule has 0 aliphatic carbocycles. The van der Waals surface area contributed by atoms with Crippen LogP contribution in [0.2, 0.25) is 0 Å². The van der Waals surface area contributed by atoms with Gasteiger partial charge in [-0.1, -0.05) is 42.5 Å². The van der Waals surface area contributed by atoms with Gasteiger partial charge in [-0.25, -0.2) is 8.42 Å². The van der Waals surface area contributed by atoms with Crippen molar-refractivity contribution in [1.29, 1.82) is 0 Å². The van der Waals surface area contributed by atoms with E-state index in [1.54, 1.807) is 54.6 Å². The molecule has 3 aromatic carbocycles. The van der Waals surface area contributed by atoms with E-state index < -0.39 is 16.1 Å². The number of para-hydroxylation sites is 2. The molecule has 7 nitrogen and oxygen atoms in total. The largest absolute Gasteiger partial charge is 0.476 e. The van der Waals surface area contributed by atoms with Crippen LogP contribution in [0.3, 0.4) is 0 Å². The first-order valence-corrected chi connectivity index (χ1v) is 12.8. The lowest BCUT2D eigenvalue weighted by Crippen LogP contribution is -2.50. The number of hydrogen-bond donors (Lipinski definition) is 1. The standard InChI is InChI=1S/C26H29N3O4S/c1-3-28(4-2)21-16-14-20(15-17-21)18-27-26(30)25-19-29(23-12-8-9-13-24(23)33-25)34(31,32)22-10-6-5-7-11-22/h5-17,25H,3-4,18-19H2,1-2H3,(H,27,30)/t25-/m0/s1. The van der Waals surface area contributed by atoms with E-state index in [1.807, 2.05) is 24.3 Å². The third-order valence-electron chi connectivity index (χ3n) is 5.89. The van der Waals surface area contributed by atoms with Crippen molar-refractivity contribution < 1.29 is 17.9 Å². The Bertz CT molecular complexity index is 1230. The van der Waals surface area contributed by atoms with Crippen molar-refractivity contribution >= 4 is 27.3 Å². The fraction of sp³-hybridized carbons (Fsp3) is 0.269. The smallest absolute Gasteiger partial charge is 0.264 e. The van der Waals surface area contributed by atoms with Crippen LogP contribution in [0.4, 0.5) is 11.4 Å². The van der Waals surface area contributed by atoms with Crippen LogP contribution >= 0.6 is 0 Å². The van der Waals surface area contributed by atoms with Gasteiger partial charge in [0.25, 0.3) is 15.9 Å². The topological polar surface area (TPSA) is 79.0 Å². The highest BCUT2D eigenvalue weighted by Gasteiger charge is 2.37. The van der Waals surface area contributed by atoms with Crippen LogP contribution < -0.4 is 19.3 Å². The van der Waals surface area contributed by atoms with E-state index in [2.05, 4.69) is 24.1 Å². The number of nitrogens with one attached hydrogen (secondary N) is 1. The molecule has 0 saturated heterocycles. The summed E-state index contributed by atoms with van der Waals surface area (Å²) in [5.74, 6) is -0.00688. The molecular formula is C26H29N3O4S. The summed E-state index contributed by atoms with van der Waals surface area (Å²) < 4.78 is 33.9. The SMILES string of the molecule is CCN(CC)c1ccc(CNC(=O)[C@@H]2CN(S(=O)(=O)c3ccccc3)c3ccccc3O2)cc1. The zero-order valence-electron chi connectivity index (χ0n) is 19.3. The second-order valence-corrected chi connectivity index (χ2v) is 9.84. The number of ether oxygens (including phenoxy) is 1. The number of amides is 1. The molecule has 178 valence electrons. The molecule has 1 aliphatic rings. The highest BCUT2D eigenvalue weighted by atomic mass is 32.2. The van der Waals surface area contributed by atoms with Crippen LogP contribution in [0.5, 0.6) is 5.75 Å². The van der Waals surface area contributed by atoms with Gasteiger partial charge in [0.1, 0.15) is 5.75 Å². The molecular weight excluding hydrogens is 450 g/mol. The average molecular weight is 480 g/mol. The second-order valence-electron chi connectivity index (χ2n) is 7.98. The van der Waals surface area contributed by atoms with E-state index in [1.165, 1.54) is 4.31 Å². The molecule has 0 spiro atoms. The summed E-state index contributed by atoms with van der Waals surface area (Å²) in [5.41, 5.74) is 2.51. The number of rotatable bonds is 8. The minimum atomic E-state index is -3.86. The Kier molecular flexibility index (Phi) is 7.07. The lowest BCUT2D eigenvalue weighted by molar-refractivity contribution is -0.127. The summed E-state index contributed by atoms with van der Waals surface area (Å²) >= 11 is 0. The molecule has 1 N–H and O–H groups in total. The van der Waals surface area contributed by atoms with Crippen LogP contribution in [-0.2, 0) is 21.4 Å². The van der Waals surface area contributed by atoms with Crippen LogP contribution in [-0.4, -0.2) is 40.1 Å². The number of benzene rings is 3. The van der Waals surface area contributed by atoms with E-state index in [4.69, 9.17) is 4.74 Å². The first-order chi connectivity index (χ1) is 16.4. The highest BCUT2D eigenvalue weighted by Crippen LogP contribution is 2.36. The predicted octanol–water partition coefficient (Wildman–Crippen LogP) is 3.81. The summed E-state index contributed by atoms with van der Waals surface area (Å²) in [6.45, 7) is 6.29. The third kappa shape index (κ3) is 4.87. The number of hydrogen-bond acceptors (Lipinski definition) is 5. The van der Waals surface area contributed by atoms with Gasteiger partial charge >= 0.3 is 0 Å². The normalized spacial score (nSPS) is 15.2. The molecule has 1 atom stereocenters. The lowest BCUT2D eigenvalue weighted by atomic mass is 10.1. The summed E-state index contributed by atoms with van der Waals surface area (Å²) in [7, 11) is -3.86. The monoisotopic (exact) mass is 479 g/mol. The van der Waals surface area contributed by atoms with Crippen LogP contribution in [0.1, 0.15) is 19.4 Å². The summed E-state index contributed by atoms with van der Waals surface area (Å²) in [4.78, 5) is 15.4. The number of sulfonamides is 1. The molecule has 0 aromatic heterocycles. The number of carbonyl (C=O) groups is 1. The maximum absolute atomic E-state index is 13.4. The van der Waals surface area contributed by atoms with Crippen molar-refractivity contribution in [2.24, 2.45) is 0 Å². The van der Waals surface area contributed by atoms with Gasteiger partial charge in [-0.05, 0) is 55.8 Å². The molecule has 34 heavy (non-hydrogen) atoms. The van der Waals surface area contributed by atoms with Crippen LogP contribution in [0, 0.1) is 0 Å². The van der Waals surface area contributed by atoms with Crippen molar-refractivity contribution in [3.8, 4) is 5.75 Å². The Hall–Kier alpha value is -3.52. The minimum absolute atomic E-state index is 0.110. The van der Waals surface area contributed by atoms with Crippen molar-refractivity contribution in [2.75, 3.05) is 28.8 Å². The zero-order chi connectivity index (χ0) is 24.1. The molecule has 1 aliphatic heterocycles. The molecule has 0 bridgehead atoms. The third-order valence-corrected chi connectivity index (χ3v) is 7.68. The molecule has 3 aromatic rings. The lowest BCUT2D eigenvalue weighted by Gasteiger charge is -2.34. The van der Waals surface area contributed by atoms with E-state index >= 15 is 0 Å². The maximum Gasteiger partial charge on any atom is 0.264 e. The molecule has 4 rings (SSSR count). The summed E-state index contributed by atoms with van der Waals surface area (Å²) in [6.07, 6.45) is -0.969. The Labute approximate surface area is 201 Å². The number of carbonyl (C=O) groups excluding carboxylic acids is 1. The fourth-order valence-corrected chi connectivity index (χ4v) is 5.50. The average Bonchev–Trinajstić information content (AvgIpc) is 2.88. The maximum atomic E-state index is 13.4. The Morgan fingerprint density at radius 3 is 2.29 bits per heavy atom. The Morgan fingerprint density at radius 1 is 0.971 bits per heavy atom. The van der Waals surface area contributed by atoms with Gasteiger partial charge in [0, 0.05) is 25.3 Å². The van der Waals surface area contributed by atoms with Crippen molar-refractivity contribution in [3.05, 3.63) is 84.4 Å². The first-order valence-electron chi connectivity index (χ1n) is 11.4. The van der Waals surface area contributed by atoms with Gasteiger partial charge in [0.05, 0.1) is 17.1 Å². The van der Waals surface area contributed by atoms with E-state index in [0.29, 0.717) is 18.0 Å². The van der Waals surface area contributed by atoms with Crippen molar-refractivity contribution in [1.82, 2.24) is 5.32 Å². The van der Waals surface area contributed by atoms with E-state index in [0.717, 1.165) is 24.3 Å². The number of anilines is 2. The van der Waals surface area contributed by atoms with Gasteiger partial charge in [-0.3, -0.25) is 9.10 Å². The van der Waals surface area contributed by atoms with Gasteiger partial charge < -0.3 is 15.0 Å². The molecule has 0 unspecified atom stereocenters. The van der Waals surface area contributed by atoms with Gasteiger partial charge in [-0.15, -0.1) is 0 Å². The summed E-state index contributed by atoms with van der Waals surface area (Å²) in [5, 5.41) is 2.89. The highest BCUT2D eigenvalue weighted by molar-refractivity contribution is 7.92. The van der Waals surface area contributed by atoms with Gasteiger partial charge in [-0.2, -0.15) is 0 Å². The number of fused-ring (bicyclic) bond motifs is 1. The molecule has 1 heterocycles. The molecule has 0 radical (unpaired) electrons. The Balaban J connectivity index is 1.50. The second kappa shape index (κ2) is 10.2. The van der Waals surface area contributed by atoms with Gasteiger partial charge in [0.15, 0.2) is 6.10 Å². The fourth-order valence-electron chi connectivity index (χ4n) is 4.00. The first kappa shape index (κ1) is 23.6. The summed E-state index contributed by atoms with van der Waals surface area (Å²) in [6, 6.07) is 23.1. The van der Waals surface area contributed by atoms with Crippen LogP contribution in [0.15, 0.2) is 83.8 Å². The molecule has 1 amide bonds.